The Labute approximate surface area is 175 Å². The number of rotatable bonds is 9. The van der Waals surface area contributed by atoms with Crippen molar-refractivity contribution in [1.82, 2.24) is 20.6 Å². The van der Waals surface area contributed by atoms with Crippen LogP contribution in [0.2, 0.25) is 0 Å². The highest BCUT2D eigenvalue weighted by Crippen LogP contribution is 2.30. The van der Waals surface area contributed by atoms with Gasteiger partial charge in [-0.25, -0.2) is 9.97 Å². The predicted molar refractivity (Wildman–Crippen MR) is 119 cm³/mol. The summed E-state index contributed by atoms with van der Waals surface area (Å²) in [6, 6.07) is 14.7. The largest absolute Gasteiger partial charge is 0.485 e. The lowest BCUT2D eigenvalue weighted by Crippen LogP contribution is -2.23. The van der Waals surface area contributed by atoms with Crippen LogP contribution in [-0.4, -0.2) is 42.7 Å². The average Bonchev–Trinajstić information content (AvgIpc) is 3.46. The molecule has 0 spiro atoms. The van der Waals surface area contributed by atoms with Crippen LogP contribution in [0, 0.1) is 0 Å². The summed E-state index contributed by atoms with van der Waals surface area (Å²) in [5.74, 6) is 1.53. The highest BCUT2D eigenvalue weighted by atomic mass is 32.1. The highest BCUT2D eigenvalue weighted by Gasteiger charge is 2.16. The van der Waals surface area contributed by atoms with E-state index < -0.39 is 0 Å². The van der Waals surface area contributed by atoms with Crippen LogP contribution in [0.4, 0.5) is 5.95 Å². The van der Waals surface area contributed by atoms with Crippen LogP contribution in [0.25, 0.3) is 11.3 Å². The molecule has 152 valence electrons. The summed E-state index contributed by atoms with van der Waals surface area (Å²) < 4.78 is 6.36. The van der Waals surface area contributed by atoms with Crippen molar-refractivity contribution in [2.75, 3.05) is 32.0 Å². The van der Waals surface area contributed by atoms with Gasteiger partial charge < -0.3 is 20.7 Å². The van der Waals surface area contributed by atoms with E-state index in [0.29, 0.717) is 12.0 Å². The van der Waals surface area contributed by atoms with Gasteiger partial charge in [0.05, 0.1) is 5.69 Å². The smallest absolute Gasteiger partial charge is 0.223 e. The van der Waals surface area contributed by atoms with E-state index in [1.807, 2.05) is 31.4 Å². The summed E-state index contributed by atoms with van der Waals surface area (Å²) in [6.45, 7) is 2.89. The van der Waals surface area contributed by atoms with Crippen LogP contribution in [0.1, 0.15) is 23.8 Å². The summed E-state index contributed by atoms with van der Waals surface area (Å²) in [6.07, 6.45) is 3.85. The Kier molecular flexibility index (Phi) is 6.71. The van der Waals surface area contributed by atoms with E-state index in [4.69, 9.17) is 9.72 Å². The van der Waals surface area contributed by atoms with Crippen LogP contribution in [0.15, 0.2) is 54.0 Å². The van der Waals surface area contributed by atoms with Gasteiger partial charge in [0.15, 0.2) is 0 Å². The number of hydrogen-bond donors (Lipinski definition) is 3. The maximum atomic E-state index is 6.36. The fourth-order valence-electron chi connectivity index (χ4n) is 3.45. The SMILES string of the molecule is CNCCC(Oc1cccc(-c2ccnc(N[C@H]3CCNC3)n2)c1)c1cccs1. The third-order valence-corrected chi connectivity index (χ3v) is 5.94. The molecular formula is C22H27N5OS. The number of aromatic nitrogens is 2. The molecule has 0 aliphatic carbocycles. The lowest BCUT2D eigenvalue weighted by atomic mass is 10.1. The molecule has 2 aromatic heterocycles. The second kappa shape index (κ2) is 9.82. The Bertz CT molecular complexity index is 896. The van der Waals surface area contributed by atoms with Crippen LogP contribution < -0.4 is 20.7 Å². The molecule has 0 saturated carbocycles. The lowest BCUT2D eigenvalue weighted by Gasteiger charge is -2.18. The minimum atomic E-state index is 0.0372. The van der Waals surface area contributed by atoms with E-state index in [1.165, 1.54) is 4.88 Å². The first-order valence-corrected chi connectivity index (χ1v) is 10.9. The second-order valence-corrected chi connectivity index (χ2v) is 8.12. The number of ether oxygens (including phenoxy) is 1. The highest BCUT2D eigenvalue weighted by molar-refractivity contribution is 7.10. The van der Waals surface area contributed by atoms with Gasteiger partial charge in [-0.2, -0.15) is 0 Å². The molecule has 3 heterocycles. The van der Waals surface area contributed by atoms with Gasteiger partial charge in [0.25, 0.3) is 0 Å². The molecule has 29 heavy (non-hydrogen) atoms. The Balaban J connectivity index is 1.50. The molecule has 0 bridgehead atoms. The van der Waals surface area contributed by atoms with Gasteiger partial charge in [-0.3, -0.25) is 0 Å². The molecule has 7 heteroatoms. The van der Waals surface area contributed by atoms with Crippen molar-refractivity contribution in [2.24, 2.45) is 0 Å². The van der Waals surface area contributed by atoms with Gasteiger partial charge in [-0.15, -0.1) is 11.3 Å². The summed E-state index contributed by atoms with van der Waals surface area (Å²) in [5, 5.41) is 12.1. The maximum Gasteiger partial charge on any atom is 0.223 e. The third kappa shape index (κ3) is 5.32. The van der Waals surface area contributed by atoms with Crippen LogP contribution >= 0.6 is 11.3 Å². The molecule has 1 fully saturated rings. The summed E-state index contributed by atoms with van der Waals surface area (Å²) in [7, 11) is 1.97. The number of anilines is 1. The first-order valence-electron chi connectivity index (χ1n) is 10.1. The third-order valence-electron chi connectivity index (χ3n) is 4.97. The molecule has 1 saturated heterocycles. The first-order chi connectivity index (χ1) is 14.3. The molecule has 1 aliphatic rings. The fourth-order valence-corrected chi connectivity index (χ4v) is 4.24. The molecule has 1 aromatic carbocycles. The maximum absolute atomic E-state index is 6.36. The predicted octanol–water partition coefficient (Wildman–Crippen LogP) is 3.71. The monoisotopic (exact) mass is 409 g/mol. The van der Waals surface area contributed by atoms with Gasteiger partial charge in [0, 0.05) is 35.6 Å². The summed E-state index contributed by atoms with van der Waals surface area (Å²) >= 11 is 1.73. The Morgan fingerprint density at radius 1 is 1.28 bits per heavy atom. The van der Waals surface area contributed by atoms with Crippen LogP contribution in [0.5, 0.6) is 5.75 Å². The lowest BCUT2D eigenvalue weighted by molar-refractivity contribution is 0.199. The van der Waals surface area contributed by atoms with Gasteiger partial charge in [-0.1, -0.05) is 18.2 Å². The van der Waals surface area contributed by atoms with Crippen molar-refractivity contribution < 1.29 is 4.74 Å². The average molecular weight is 410 g/mol. The molecule has 1 aliphatic heterocycles. The zero-order valence-corrected chi connectivity index (χ0v) is 17.4. The normalized spacial score (nSPS) is 17.2. The van der Waals surface area contributed by atoms with E-state index in [9.17, 15) is 0 Å². The van der Waals surface area contributed by atoms with Crippen molar-refractivity contribution in [3.8, 4) is 17.0 Å². The zero-order valence-electron chi connectivity index (χ0n) is 16.6. The van der Waals surface area contributed by atoms with Crippen molar-refractivity contribution in [3.05, 3.63) is 58.9 Å². The van der Waals surface area contributed by atoms with E-state index >= 15 is 0 Å². The molecule has 0 amide bonds. The molecular weight excluding hydrogens is 382 g/mol. The molecule has 3 aromatic rings. The quantitative estimate of drug-likeness (QED) is 0.500. The van der Waals surface area contributed by atoms with Gasteiger partial charge in [0.1, 0.15) is 11.9 Å². The van der Waals surface area contributed by atoms with Gasteiger partial charge in [-0.05, 0) is 56.2 Å². The minimum absolute atomic E-state index is 0.0372. The van der Waals surface area contributed by atoms with Gasteiger partial charge in [0.2, 0.25) is 5.95 Å². The van der Waals surface area contributed by atoms with Crippen molar-refractivity contribution in [3.63, 3.8) is 0 Å². The summed E-state index contributed by atoms with van der Waals surface area (Å²) in [5.41, 5.74) is 1.91. The van der Waals surface area contributed by atoms with Crippen LogP contribution in [0.3, 0.4) is 0 Å². The van der Waals surface area contributed by atoms with E-state index in [-0.39, 0.29) is 6.10 Å². The molecule has 4 rings (SSSR count). The molecule has 6 nitrogen and oxygen atoms in total. The van der Waals surface area contributed by atoms with E-state index in [1.54, 1.807) is 11.3 Å². The first kappa shape index (κ1) is 19.8. The molecule has 0 radical (unpaired) electrons. The molecule has 1 unspecified atom stereocenters. The summed E-state index contributed by atoms with van der Waals surface area (Å²) in [4.78, 5) is 10.3. The van der Waals surface area contributed by atoms with Gasteiger partial charge >= 0.3 is 0 Å². The number of nitrogens with zero attached hydrogens (tertiary/aromatic N) is 2. The van der Waals surface area contributed by atoms with Crippen LogP contribution in [-0.2, 0) is 0 Å². The second-order valence-electron chi connectivity index (χ2n) is 7.14. The Morgan fingerprint density at radius 2 is 2.24 bits per heavy atom. The minimum Gasteiger partial charge on any atom is -0.485 e. The molecule has 3 N–H and O–H groups in total. The van der Waals surface area contributed by atoms with Crippen molar-refractivity contribution >= 4 is 17.3 Å². The topological polar surface area (TPSA) is 71.1 Å². The van der Waals surface area contributed by atoms with Crippen molar-refractivity contribution in [1.29, 1.82) is 0 Å². The Hall–Kier alpha value is -2.48. The van der Waals surface area contributed by atoms with E-state index in [0.717, 1.165) is 49.5 Å². The zero-order chi connectivity index (χ0) is 19.9. The fraction of sp³-hybridized carbons (Fsp3) is 0.364. The molecule has 2 atom stereocenters. The number of hydrogen-bond acceptors (Lipinski definition) is 7. The van der Waals surface area contributed by atoms with E-state index in [2.05, 4.69) is 50.6 Å². The number of thiophene rings is 1. The Morgan fingerprint density at radius 3 is 3.03 bits per heavy atom. The standard InChI is InChI=1S/C22H27N5OS/c1-23-10-9-20(21-6-3-13-29-21)28-18-5-2-4-16(14-18)19-8-12-25-22(27-19)26-17-7-11-24-15-17/h2-6,8,12-14,17,20,23-24H,7,9-11,15H2,1H3,(H,25,26,27)/t17-,20?/m0/s1. The van der Waals surface area contributed by atoms with Crippen molar-refractivity contribution in [2.45, 2.75) is 25.0 Å². The number of benzene rings is 1. The number of nitrogens with one attached hydrogen (secondary N) is 3.